The van der Waals surface area contributed by atoms with Gasteiger partial charge in [0.05, 0.1) is 0 Å². The number of carbonyl (C=O) groups is 1. The van der Waals surface area contributed by atoms with E-state index in [0.29, 0.717) is 12.2 Å². The third kappa shape index (κ3) is 5.30. The largest absolute Gasteiger partial charge is 0.508 e. The van der Waals surface area contributed by atoms with Crippen LogP contribution in [-0.4, -0.2) is 35.9 Å². The first-order valence-corrected chi connectivity index (χ1v) is 9.13. The number of aldehydes is 1. The molecule has 0 amide bonds. The van der Waals surface area contributed by atoms with Crippen LogP contribution in [0.15, 0.2) is 59.9 Å². The molecule has 3 nitrogen and oxygen atoms in total. The molecular formula is C22H33NO2. The molecule has 0 aromatic heterocycles. The van der Waals surface area contributed by atoms with Crippen molar-refractivity contribution in [3.8, 4) is 0 Å². The number of aliphatic hydroxyl groups excluding tert-OH is 1. The second-order valence-electron chi connectivity index (χ2n) is 6.90. The Labute approximate surface area is 153 Å². The van der Waals surface area contributed by atoms with E-state index in [2.05, 4.69) is 44.5 Å². The van der Waals surface area contributed by atoms with Crippen LogP contribution in [0.25, 0.3) is 0 Å². The summed E-state index contributed by atoms with van der Waals surface area (Å²) in [5.74, 6) is 0.293. The van der Waals surface area contributed by atoms with Gasteiger partial charge in [0.1, 0.15) is 12.0 Å². The average molecular weight is 344 g/mol. The van der Waals surface area contributed by atoms with Gasteiger partial charge in [0.2, 0.25) is 0 Å². The highest BCUT2D eigenvalue weighted by molar-refractivity contribution is 5.50. The SMILES string of the molecule is C=C/C=C\C1=CC/C(=C\C(O)=C/C)C(N(C)CCC)C1(C)CCC=O. The second-order valence-corrected chi connectivity index (χ2v) is 6.90. The zero-order valence-electron chi connectivity index (χ0n) is 16.2. The van der Waals surface area contributed by atoms with Gasteiger partial charge < -0.3 is 9.90 Å². The Hall–Kier alpha value is -1.87. The predicted molar refractivity (Wildman–Crippen MR) is 107 cm³/mol. The Balaban J connectivity index is 3.47. The van der Waals surface area contributed by atoms with Crippen molar-refractivity contribution in [1.29, 1.82) is 0 Å². The fourth-order valence-corrected chi connectivity index (χ4v) is 3.87. The Morgan fingerprint density at radius 1 is 1.52 bits per heavy atom. The van der Waals surface area contributed by atoms with Crippen LogP contribution in [0.2, 0.25) is 0 Å². The molecule has 1 N–H and O–H groups in total. The van der Waals surface area contributed by atoms with Crippen LogP contribution in [-0.2, 0) is 4.79 Å². The lowest BCUT2D eigenvalue weighted by atomic mass is 9.65. The summed E-state index contributed by atoms with van der Waals surface area (Å²) in [5, 5.41) is 10.1. The van der Waals surface area contributed by atoms with Crippen molar-refractivity contribution in [1.82, 2.24) is 4.90 Å². The van der Waals surface area contributed by atoms with E-state index in [-0.39, 0.29) is 11.5 Å². The minimum Gasteiger partial charge on any atom is -0.508 e. The average Bonchev–Trinajstić information content (AvgIpc) is 2.59. The minimum absolute atomic E-state index is 0.143. The van der Waals surface area contributed by atoms with Gasteiger partial charge in [0, 0.05) is 17.9 Å². The van der Waals surface area contributed by atoms with E-state index in [1.165, 1.54) is 11.1 Å². The van der Waals surface area contributed by atoms with E-state index < -0.39 is 0 Å². The summed E-state index contributed by atoms with van der Waals surface area (Å²) in [6.45, 7) is 11.0. The summed E-state index contributed by atoms with van der Waals surface area (Å²) >= 11 is 0. The maximum Gasteiger partial charge on any atom is 0.120 e. The molecule has 2 unspecified atom stereocenters. The minimum atomic E-state index is -0.192. The van der Waals surface area contributed by atoms with E-state index in [4.69, 9.17) is 0 Å². The van der Waals surface area contributed by atoms with Gasteiger partial charge in [-0.1, -0.05) is 44.7 Å². The third-order valence-corrected chi connectivity index (χ3v) is 5.01. The number of nitrogens with zero attached hydrogens (tertiary/aromatic N) is 1. The quantitative estimate of drug-likeness (QED) is 0.358. The first-order chi connectivity index (χ1) is 11.9. The van der Waals surface area contributed by atoms with E-state index in [1.807, 2.05) is 19.1 Å². The number of hydrogen-bond acceptors (Lipinski definition) is 3. The van der Waals surface area contributed by atoms with Gasteiger partial charge in [-0.25, -0.2) is 0 Å². The van der Waals surface area contributed by atoms with Crippen molar-refractivity contribution in [2.24, 2.45) is 5.41 Å². The summed E-state index contributed by atoms with van der Waals surface area (Å²) in [4.78, 5) is 13.4. The highest BCUT2D eigenvalue weighted by atomic mass is 16.3. The molecule has 1 rings (SSSR count). The molecule has 0 aromatic rings. The molecule has 0 aromatic carbocycles. The van der Waals surface area contributed by atoms with Crippen LogP contribution in [0.4, 0.5) is 0 Å². The van der Waals surface area contributed by atoms with Crippen LogP contribution < -0.4 is 0 Å². The molecule has 1 aliphatic carbocycles. The summed E-state index contributed by atoms with van der Waals surface area (Å²) in [6, 6.07) is 0.143. The summed E-state index contributed by atoms with van der Waals surface area (Å²) < 4.78 is 0. The van der Waals surface area contributed by atoms with Crippen LogP contribution in [0.5, 0.6) is 0 Å². The lowest BCUT2D eigenvalue weighted by Gasteiger charge is -2.47. The Morgan fingerprint density at radius 2 is 2.24 bits per heavy atom. The molecule has 0 bridgehead atoms. The zero-order valence-corrected chi connectivity index (χ0v) is 16.2. The molecule has 1 aliphatic rings. The number of allylic oxidation sites excluding steroid dienone is 6. The lowest BCUT2D eigenvalue weighted by Crippen LogP contribution is -2.49. The topological polar surface area (TPSA) is 40.5 Å². The fourth-order valence-electron chi connectivity index (χ4n) is 3.87. The Kier molecular flexibility index (Phi) is 8.64. The van der Waals surface area contributed by atoms with Crippen molar-refractivity contribution in [3.63, 3.8) is 0 Å². The molecule has 0 radical (unpaired) electrons. The van der Waals surface area contributed by atoms with E-state index in [0.717, 1.165) is 32.1 Å². The van der Waals surface area contributed by atoms with Crippen molar-refractivity contribution >= 4 is 6.29 Å². The van der Waals surface area contributed by atoms with E-state index in [9.17, 15) is 9.90 Å². The highest BCUT2D eigenvalue weighted by Crippen LogP contribution is 2.46. The second kappa shape index (κ2) is 10.2. The third-order valence-electron chi connectivity index (χ3n) is 5.01. The molecule has 0 spiro atoms. The number of aliphatic hydroxyl groups is 1. The van der Waals surface area contributed by atoms with E-state index >= 15 is 0 Å². The number of likely N-dealkylation sites (N-methyl/N-ethyl adjacent to an activating group) is 1. The first-order valence-electron chi connectivity index (χ1n) is 9.13. The Morgan fingerprint density at radius 3 is 2.80 bits per heavy atom. The van der Waals surface area contributed by atoms with Crippen LogP contribution in [0.1, 0.15) is 46.5 Å². The first kappa shape index (κ1) is 21.2. The number of carbonyl (C=O) groups excluding carboxylic acids is 1. The van der Waals surface area contributed by atoms with Gasteiger partial charge in [-0.15, -0.1) is 0 Å². The van der Waals surface area contributed by atoms with Crippen molar-refractivity contribution in [2.45, 2.75) is 52.5 Å². The monoisotopic (exact) mass is 343 g/mol. The standard InChI is InChI=1S/C22H33NO2/c1-6-9-11-19-13-12-18(17-20(25)8-3)21(23(5)15-7-2)22(19,4)14-10-16-24/h6,8-9,11,13,16-17,21,25H,1,7,10,12,14-15H2,2-5H3/b11-9-,18-17+,20-8+. The lowest BCUT2D eigenvalue weighted by molar-refractivity contribution is -0.108. The number of rotatable bonds is 9. The molecule has 0 aliphatic heterocycles. The van der Waals surface area contributed by atoms with Gasteiger partial charge in [-0.05, 0) is 63.1 Å². The molecule has 138 valence electrons. The van der Waals surface area contributed by atoms with Crippen LogP contribution >= 0.6 is 0 Å². The summed E-state index contributed by atoms with van der Waals surface area (Å²) in [5.41, 5.74) is 2.23. The van der Waals surface area contributed by atoms with Gasteiger partial charge in [0.15, 0.2) is 0 Å². The van der Waals surface area contributed by atoms with Crippen molar-refractivity contribution in [2.75, 3.05) is 13.6 Å². The summed E-state index contributed by atoms with van der Waals surface area (Å²) in [6.07, 6.45) is 15.8. The van der Waals surface area contributed by atoms with Gasteiger partial charge >= 0.3 is 0 Å². The molecule has 2 atom stereocenters. The maximum absolute atomic E-state index is 11.1. The molecule has 0 fully saturated rings. The Bertz CT molecular complexity index is 583. The van der Waals surface area contributed by atoms with Gasteiger partial charge in [-0.3, -0.25) is 4.90 Å². The molecule has 0 heterocycles. The van der Waals surface area contributed by atoms with Crippen molar-refractivity contribution in [3.05, 3.63) is 59.9 Å². The molecule has 25 heavy (non-hydrogen) atoms. The summed E-state index contributed by atoms with van der Waals surface area (Å²) in [7, 11) is 2.13. The van der Waals surface area contributed by atoms with Crippen LogP contribution in [0, 0.1) is 5.41 Å². The molecule has 0 saturated carbocycles. The fraction of sp³-hybridized carbons (Fsp3) is 0.500. The van der Waals surface area contributed by atoms with Crippen LogP contribution in [0.3, 0.4) is 0 Å². The van der Waals surface area contributed by atoms with Gasteiger partial charge in [-0.2, -0.15) is 0 Å². The van der Waals surface area contributed by atoms with Crippen molar-refractivity contribution < 1.29 is 9.90 Å². The maximum atomic E-state index is 11.1. The molecular weight excluding hydrogens is 310 g/mol. The van der Waals surface area contributed by atoms with Gasteiger partial charge in [0.25, 0.3) is 0 Å². The normalized spacial score (nSPS) is 26.3. The van der Waals surface area contributed by atoms with E-state index in [1.54, 1.807) is 12.2 Å². The number of hydrogen-bond donors (Lipinski definition) is 1. The predicted octanol–water partition coefficient (Wildman–Crippen LogP) is 5.14. The molecule has 3 heteroatoms. The highest BCUT2D eigenvalue weighted by Gasteiger charge is 2.42. The smallest absolute Gasteiger partial charge is 0.120 e. The zero-order chi connectivity index (χ0) is 18.9. The molecule has 0 saturated heterocycles.